The van der Waals surface area contributed by atoms with Crippen molar-refractivity contribution in [1.82, 2.24) is 4.90 Å². The van der Waals surface area contributed by atoms with Crippen LogP contribution in [0, 0.1) is 5.92 Å². The van der Waals surface area contributed by atoms with E-state index in [9.17, 15) is 9.90 Å². The third-order valence-electron chi connectivity index (χ3n) is 6.18. The predicted octanol–water partition coefficient (Wildman–Crippen LogP) is 2.08. The van der Waals surface area contributed by atoms with Crippen LogP contribution in [0.25, 0.3) is 0 Å². The van der Waals surface area contributed by atoms with Gasteiger partial charge >= 0.3 is 5.97 Å². The number of aromatic hydroxyl groups is 1. The molecule has 3 aliphatic rings. The Hall–Kier alpha value is -2.05. The zero-order valence-electron chi connectivity index (χ0n) is 16.1. The van der Waals surface area contributed by atoms with Crippen LogP contribution < -0.4 is 10.5 Å². The first-order valence-electron chi connectivity index (χ1n) is 9.68. The summed E-state index contributed by atoms with van der Waals surface area (Å²) in [6, 6.07) is 3.07. The third-order valence-corrected chi connectivity index (χ3v) is 6.18. The van der Waals surface area contributed by atoms with E-state index in [4.69, 9.17) is 15.2 Å². The van der Waals surface area contributed by atoms with E-state index in [2.05, 4.69) is 18.0 Å². The predicted molar refractivity (Wildman–Crippen MR) is 102 cm³/mol. The largest absolute Gasteiger partial charge is 0.504 e. The Labute approximate surface area is 159 Å². The second-order valence-corrected chi connectivity index (χ2v) is 8.42. The highest BCUT2D eigenvalue weighted by Crippen LogP contribution is 2.55. The van der Waals surface area contributed by atoms with Crippen LogP contribution in [0.4, 0.5) is 0 Å². The Morgan fingerprint density at radius 3 is 2.96 bits per heavy atom. The van der Waals surface area contributed by atoms with E-state index < -0.39 is 6.04 Å². The van der Waals surface area contributed by atoms with Crippen molar-refractivity contribution in [2.45, 2.75) is 56.9 Å². The number of nitrogens with zero attached hydrogens (tertiary/aromatic N) is 1. The number of phenolic OH excluding ortho intramolecular Hbond substituents is 1. The van der Waals surface area contributed by atoms with Crippen molar-refractivity contribution < 1.29 is 19.4 Å². The van der Waals surface area contributed by atoms with Crippen LogP contribution in [0.3, 0.4) is 0 Å². The molecule has 27 heavy (non-hydrogen) atoms. The number of rotatable bonds is 3. The van der Waals surface area contributed by atoms with Gasteiger partial charge in [-0.2, -0.15) is 0 Å². The zero-order chi connectivity index (χ0) is 19.3. The molecular formula is C21H28N2O4. The number of carbonyl (C=O) groups is 1. The molecule has 0 bridgehead atoms. The lowest BCUT2D eigenvalue weighted by molar-refractivity contribution is -0.151. The summed E-state index contributed by atoms with van der Waals surface area (Å²) < 4.78 is 11.9. The number of nitrogens with two attached hydrogens (primary N) is 1. The van der Waals surface area contributed by atoms with Gasteiger partial charge in [0.15, 0.2) is 11.5 Å². The summed E-state index contributed by atoms with van der Waals surface area (Å²) in [6.45, 7) is 5.57. The van der Waals surface area contributed by atoms with Crippen molar-refractivity contribution in [1.29, 1.82) is 0 Å². The second kappa shape index (κ2) is 6.53. The molecule has 4 atom stereocenters. The first-order valence-corrected chi connectivity index (χ1v) is 9.68. The van der Waals surface area contributed by atoms with Gasteiger partial charge in [-0.3, -0.25) is 4.79 Å². The second-order valence-electron chi connectivity index (χ2n) is 8.42. The van der Waals surface area contributed by atoms with Crippen molar-refractivity contribution in [3.05, 3.63) is 35.4 Å². The van der Waals surface area contributed by atoms with Gasteiger partial charge in [-0.05, 0) is 43.6 Å². The Balaban J connectivity index is 1.65. The van der Waals surface area contributed by atoms with Crippen molar-refractivity contribution in [2.75, 3.05) is 13.6 Å². The van der Waals surface area contributed by atoms with E-state index in [0.717, 1.165) is 25.1 Å². The van der Waals surface area contributed by atoms with Gasteiger partial charge in [0.25, 0.3) is 0 Å². The zero-order valence-corrected chi connectivity index (χ0v) is 16.1. The van der Waals surface area contributed by atoms with Crippen LogP contribution in [-0.4, -0.2) is 47.8 Å². The number of hydrogen-bond donors (Lipinski definition) is 2. The van der Waals surface area contributed by atoms with E-state index in [0.29, 0.717) is 12.2 Å². The highest BCUT2D eigenvalue weighted by atomic mass is 16.5. The van der Waals surface area contributed by atoms with Crippen LogP contribution in [0.1, 0.15) is 37.8 Å². The average molecular weight is 372 g/mol. The molecule has 4 rings (SSSR count). The number of benzene rings is 1. The normalized spacial score (nSPS) is 30.3. The third kappa shape index (κ3) is 2.91. The van der Waals surface area contributed by atoms with E-state index in [1.54, 1.807) is 6.07 Å². The fourth-order valence-electron chi connectivity index (χ4n) is 4.50. The van der Waals surface area contributed by atoms with E-state index in [1.807, 2.05) is 26.0 Å². The minimum atomic E-state index is -0.627. The smallest absolute Gasteiger partial charge is 0.323 e. The molecule has 2 aliphatic heterocycles. The fourth-order valence-corrected chi connectivity index (χ4v) is 4.50. The molecule has 0 amide bonds. The lowest BCUT2D eigenvalue weighted by Crippen LogP contribution is -2.45. The molecule has 1 aromatic carbocycles. The van der Waals surface area contributed by atoms with Gasteiger partial charge in [0.1, 0.15) is 18.2 Å². The summed E-state index contributed by atoms with van der Waals surface area (Å²) in [4.78, 5) is 14.6. The average Bonchev–Trinajstić information content (AvgIpc) is 2.89. The molecule has 0 fully saturated rings. The molecule has 0 aromatic heterocycles. The topological polar surface area (TPSA) is 85.0 Å². The van der Waals surface area contributed by atoms with Gasteiger partial charge < -0.3 is 25.2 Å². The number of hydrogen-bond acceptors (Lipinski definition) is 6. The molecule has 0 saturated heterocycles. The molecular weight excluding hydrogens is 344 g/mol. The van der Waals surface area contributed by atoms with Crippen molar-refractivity contribution in [3.8, 4) is 11.5 Å². The van der Waals surface area contributed by atoms with Crippen molar-refractivity contribution in [3.63, 3.8) is 0 Å². The minimum Gasteiger partial charge on any atom is -0.504 e. The lowest BCUT2D eigenvalue weighted by Gasteiger charge is -2.37. The van der Waals surface area contributed by atoms with Gasteiger partial charge in [0.2, 0.25) is 0 Å². The molecule has 146 valence electrons. The number of ether oxygens (including phenoxy) is 2. The molecule has 0 unspecified atom stereocenters. The summed E-state index contributed by atoms with van der Waals surface area (Å²) >= 11 is 0. The Morgan fingerprint density at radius 2 is 2.22 bits per heavy atom. The first-order chi connectivity index (χ1) is 12.8. The summed E-state index contributed by atoms with van der Waals surface area (Å²) in [7, 11) is 2.11. The highest BCUT2D eigenvalue weighted by Gasteiger charge is 2.53. The van der Waals surface area contributed by atoms with Crippen LogP contribution in [0.15, 0.2) is 24.3 Å². The van der Waals surface area contributed by atoms with Gasteiger partial charge in [0, 0.05) is 18.5 Å². The molecule has 0 saturated carbocycles. The van der Waals surface area contributed by atoms with Crippen LogP contribution in [0.5, 0.6) is 11.5 Å². The van der Waals surface area contributed by atoms with Crippen molar-refractivity contribution >= 4 is 5.97 Å². The van der Waals surface area contributed by atoms with E-state index in [1.165, 1.54) is 5.56 Å². The van der Waals surface area contributed by atoms with Gasteiger partial charge in [-0.25, -0.2) is 0 Å². The standard InChI is InChI=1S/C21H28N2O4/c1-12(2)18(22)20(25)26-14-6-7-21-8-9-23(3)11-13-4-5-15(24)19(17(13)21)27-16(21)10-14/h4-7,12,14,16,18,24H,8-11,22H2,1-3H3/t14-,16-,18-,21-/m0/s1. The van der Waals surface area contributed by atoms with Crippen LogP contribution in [-0.2, 0) is 21.5 Å². The van der Waals surface area contributed by atoms with E-state index >= 15 is 0 Å². The highest BCUT2D eigenvalue weighted by molar-refractivity contribution is 5.76. The van der Waals surface area contributed by atoms with Crippen LogP contribution >= 0.6 is 0 Å². The van der Waals surface area contributed by atoms with Gasteiger partial charge in [0.05, 0.1) is 5.41 Å². The summed E-state index contributed by atoms with van der Waals surface area (Å²) in [5, 5.41) is 10.4. The van der Waals surface area contributed by atoms with Gasteiger partial charge in [-0.1, -0.05) is 26.0 Å². The molecule has 1 aliphatic carbocycles. The molecule has 6 nitrogen and oxygen atoms in total. The van der Waals surface area contributed by atoms with Gasteiger partial charge in [-0.15, -0.1) is 0 Å². The number of carbonyl (C=O) groups excluding carboxylic acids is 1. The monoisotopic (exact) mass is 372 g/mol. The Kier molecular flexibility index (Phi) is 4.43. The summed E-state index contributed by atoms with van der Waals surface area (Å²) in [6.07, 6.45) is 5.04. The SMILES string of the molecule is CC(C)[C@H](N)C(=O)O[C@H]1C=C[C@@]23CCN(C)Cc4ccc(O)c(c42)O[C@H]3C1. The molecule has 6 heteroatoms. The summed E-state index contributed by atoms with van der Waals surface area (Å²) in [5.41, 5.74) is 7.92. The minimum absolute atomic E-state index is 0.0281. The first kappa shape index (κ1) is 18.3. The molecule has 0 radical (unpaired) electrons. The maximum Gasteiger partial charge on any atom is 0.323 e. The molecule has 3 N–H and O–H groups in total. The molecule has 1 aromatic rings. The molecule has 1 spiro atoms. The van der Waals surface area contributed by atoms with Crippen LogP contribution in [0.2, 0.25) is 0 Å². The summed E-state index contributed by atoms with van der Waals surface area (Å²) in [5.74, 6) is 0.412. The number of esters is 1. The lowest BCUT2D eigenvalue weighted by atomic mass is 9.69. The van der Waals surface area contributed by atoms with Crippen molar-refractivity contribution in [2.24, 2.45) is 11.7 Å². The quantitative estimate of drug-likeness (QED) is 0.624. The number of phenols is 1. The molecule has 2 heterocycles. The maximum atomic E-state index is 12.3. The van der Waals surface area contributed by atoms with E-state index in [-0.39, 0.29) is 35.3 Å². The Morgan fingerprint density at radius 1 is 1.44 bits per heavy atom. The maximum absolute atomic E-state index is 12.3. The fraction of sp³-hybridized carbons (Fsp3) is 0.571. The Bertz CT molecular complexity index is 791.